The number of aliphatic hydroxyl groups is 1. The van der Waals surface area contributed by atoms with Crippen LogP contribution in [0, 0.1) is 11.3 Å². The number of carbonyl (C=O) groups excluding carboxylic acids is 1. The summed E-state index contributed by atoms with van der Waals surface area (Å²) in [5.74, 6) is 0.188. The highest BCUT2D eigenvalue weighted by atomic mass is 35.5. The Morgan fingerprint density at radius 1 is 1.25 bits per heavy atom. The molecule has 0 fully saturated rings. The van der Waals surface area contributed by atoms with E-state index >= 15 is 0 Å². The van der Waals surface area contributed by atoms with Crippen LogP contribution in [0.25, 0.3) is 0 Å². The zero-order valence-corrected chi connectivity index (χ0v) is 16.7. The Hall–Kier alpha value is -2.59. The lowest BCUT2D eigenvalue weighted by molar-refractivity contribution is 0.0913. The van der Waals surface area contributed by atoms with Crippen molar-refractivity contribution < 1.29 is 14.6 Å². The number of benzene rings is 2. The van der Waals surface area contributed by atoms with Gasteiger partial charge in [0, 0.05) is 24.2 Å². The van der Waals surface area contributed by atoms with Crippen LogP contribution in [0.5, 0.6) is 5.75 Å². The highest BCUT2D eigenvalue weighted by molar-refractivity contribution is 6.31. The highest BCUT2D eigenvalue weighted by Crippen LogP contribution is 2.25. The molecule has 6 nitrogen and oxygen atoms in total. The molecule has 1 amide bonds. The van der Waals surface area contributed by atoms with Crippen LogP contribution < -0.4 is 15.4 Å². The maximum absolute atomic E-state index is 12.1. The van der Waals surface area contributed by atoms with Gasteiger partial charge >= 0.3 is 0 Å². The van der Waals surface area contributed by atoms with Crippen molar-refractivity contribution >= 4 is 17.5 Å². The van der Waals surface area contributed by atoms with Crippen molar-refractivity contribution in [2.75, 3.05) is 19.7 Å². The Labute approximate surface area is 170 Å². The Bertz CT molecular complexity index is 835. The van der Waals surface area contributed by atoms with Crippen molar-refractivity contribution in [2.24, 2.45) is 0 Å². The maximum atomic E-state index is 12.1. The molecule has 2 rings (SSSR count). The van der Waals surface area contributed by atoms with Crippen LogP contribution in [0.3, 0.4) is 0 Å². The fourth-order valence-electron chi connectivity index (χ4n) is 2.43. The van der Waals surface area contributed by atoms with Gasteiger partial charge in [0.15, 0.2) is 0 Å². The number of rotatable bonds is 9. The summed E-state index contributed by atoms with van der Waals surface area (Å²) >= 11 is 5.96. The molecule has 0 spiro atoms. The molecule has 0 saturated carbocycles. The third-order valence-corrected chi connectivity index (χ3v) is 4.38. The summed E-state index contributed by atoms with van der Waals surface area (Å²) in [5, 5.41) is 25.7. The van der Waals surface area contributed by atoms with E-state index in [1.54, 1.807) is 30.3 Å². The first-order valence-corrected chi connectivity index (χ1v) is 9.28. The van der Waals surface area contributed by atoms with Gasteiger partial charge in [-0.2, -0.15) is 5.26 Å². The number of ether oxygens (including phenoxy) is 1. The molecular weight excluding hydrogens is 378 g/mol. The topological polar surface area (TPSA) is 94.4 Å². The van der Waals surface area contributed by atoms with Gasteiger partial charge < -0.3 is 20.5 Å². The van der Waals surface area contributed by atoms with Gasteiger partial charge in [0.1, 0.15) is 30.1 Å². The predicted molar refractivity (Wildman–Crippen MR) is 109 cm³/mol. The van der Waals surface area contributed by atoms with Gasteiger partial charge in [-0.05, 0) is 38.1 Å². The zero-order valence-electron chi connectivity index (χ0n) is 15.9. The van der Waals surface area contributed by atoms with E-state index in [0.717, 1.165) is 0 Å². The molecule has 7 heteroatoms. The van der Waals surface area contributed by atoms with Crippen LogP contribution in [0.4, 0.5) is 0 Å². The van der Waals surface area contributed by atoms with E-state index < -0.39 is 11.6 Å². The number of nitriles is 1. The van der Waals surface area contributed by atoms with E-state index in [4.69, 9.17) is 21.6 Å². The first-order valence-electron chi connectivity index (χ1n) is 8.90. The summed E-state index contributed by atoms with van der Waals surface area (Å²) < 4.78 is 5.53. The molecule has 0 bridgehead atoms. The van der Waals surface area contributed by atoms with Gasteiger partial charge in [0.2, 0.25) is 0 Å². The van der Waals surface area contributed by atoms with E-state index in [-0.39, 0.29) is 24.6 Å². The summed E-state index contributed by atoms with van der Waals surface area (Å²) in [6, 6.07) is 15.9. The highest BCUT2D eigenvalue weighted by Gasteiger charge is 2.20. The molecule has 0 saturated heterocycles. The number of nitrogens with zero attached hydrogens (tertiary/aromatic N) is 1. The molecule has 0 aliphatic heterocycles. The lowest BCUT2D eigenvalue weighted by atomic mass is 10.0. The second kappa shape index (κ2) is 10.1. The summed E-state index contributed by atoms with van der Waals surface area (Å²) in [5.41, 5.74) is 0.411. The largest absolute Gasteiger partial charge is 0.489 e. The van der Waals surface area contributed by atoms with Crippen LogP contribution in [0.2, 0.25) is 5.02 Å². The molecule has 0 aliphatic rings. The van der Waals surface area contributed by atoms with Crippen molar-refractivity contribution in [3.8, 4) is 11.8 Å². The van der Waals surface area contributed by atoms with Gasteiger partial charge in [-0.1, -0.05) is 35.9 Å². The van der Waals surface area contributed by atoms with Crippen LogP contribution in [0.15, 0.2) is 48.5 Å². The first-order chi connectivity index (χ1) is 13.3. The fourth-order valence-corrected chi connectivity index (χ4v) is 2.64. The Kier molecular flexibility index (Phi) is 7.82. The van der Waals surface area contributed by atoms with E-state index in [0.29, 0.717) is 22.9 Å². The molecule has 0 aromatic heterocycles. The summed E-state index contributed by atoms with van der Waals surface area (Å²) in [6.45, 7) is 4.51. The lowest BCUT2D eigenvalue weighted by Crippen LogP contribution is -2.51. The number of hydrogen-bond acceptors (Lipinski definition) is 5. The number of β-amino-alcohol motifs (C(OH)–C–C–N with tert-alkyl or cyclic N) is 1. The third-order valence-electron chi connectivity index (χ3n) is 4.06. The first kappa shape index (κ1) is 21.7. The lowest BCUT2D eigenvalue weighted by Gasteiger charge is -2.28. The minimum absolute atomic E-state index is 0.00841. The number of amides is 1. The van der Waals surface area contributed by atoms with Gasteiger partial charge in [-0.3, -0.25) is 4.79 Å². The second-order valence-electron chi connectivity index (χ2n) is 7.00. The number of aliphatic hydroxyl groups excluding tert-OH is 1. The van der Waals surface area contributed by atoms with Crippen molar-refractivity contribution in [1.82, 2.24) is 10.6 Å². The molecule has 28 heavy (non-hydrogen) atoms. The number of carbonyl (C=O) groups is 1. The van der Waals surface area contributed by atoms with Crippen LogP contribution >= 0.6 is 11.6 Å². The van der Waals surface area contributed by atoms with Crippen molar-refractivity contribution in [2.45, 2.75) is 25.5 Å². The zero-order chi connectivity index (χ0) is 20.6. The number of nitrogens with one attached hydrogen (secondary N) is 2. The Morgan fingerprint density at radius 2 is 1.96 bits per heavy atom. The SMILES string of the molecule is CC(C)(CNC(=O)c1ccccc1)NC[C@@H](O)COc1cccc(Cl)c1C#N. The minimum atomic E-state index is -0.797. The maximum Gasteiger partial charge on any atom is 0.251 e. The van der Waals surface area contributed by atoms with Crippen molar-refractivity contribution in [1.29, 1.82) is 5.26 Å². The molecule has 148 valence electrons. The van der Waals surface area contributed by atoms with Gasteiger partial charge in [-0.15, -0.1) is 0 Å². The number of halogens is 1. The minimum Gasteiger partial charge on any atom is -0.489 e. The molecular formula is C21H24ClN3O3. The van der Waals surface area contributed by atoms with E-state index in [1.807, 2.05) is 38.1 Å². The molecule has 2 aromatic rings. The molecule has 1 atom stereocenters. The normalized spacial score (nSPS) is 12.1. The van der Waals surface area contributed by atoms with Gasteiger partial charge in [0.05, 0.1) is 5.02 Å². The molecule has 2 aromatic carbocycles. The summed E-state index contributed by atoms with van der Waals surface area (Å²) in [4.78, 5) is 12.1. The van der Waals surface area contributed by atoms with Crippen molar-refractivity contribution in [3.63, 3.8) is 0 Å². The quantitative estimate of drug-likeness (QED) is 0.600. The predicted octanol–water partition coefficient (Wildman–Crippen LogP) is 2.75. The fraction of sp³-hybridized carbons (Fsp3) is 0.333. The Balaban J connectivity index is 1.78. The molecule has 0 unspecified atom stereocenters. The summed E-state index contributed by atoms with van der Waals surface area (Å²) in [6.07, 6.45) is -0.797. The van der Waals surface area contributed by atoms with E-state index in [9.17, 15) is 9.90 Å². The number of hydrogen-bond donors (Lipinski definition) is 3. The molecule has 0 heterocycles. The van der Waals surface area contributed by atoms with Crippen LogP contribution in [-0.2, 0) is 0 Å². The average molecular weight is 402 g/mol. The van der Waals surface area contributed by atoms with Crippen LogP contribution in [0.1, 0.15) is 29.8 Å². The molecule has 0 radical (unpaired) electrons. The summed E-state index contributed by atoms with van der Waals surface area (Å²) in [7, 11) is 0. The van der Waals surface area contributed by atoms with Crippen LogP contribution in [-0.4, -0.2) is 42.4 Å². The van der Waals surface area contributed by atoms with Gasteiger partial charge in [0.25, 0.3) is 5.91 Å². The van der Waals surface area contributed by atoms with Gasteiger partial charge in [-0.25, -0.2) is 0 Å². The monoisotopic (exact) mass is 401 g/mol. The second-order valence-corrected chi connectivity index (χ2v) is 7.41. The molecule has 0 aliphatic carbocycles. The third kappa shape index (κ3) is 6.54. The average Bonchev–Trinajstić information content (AvgIpc) is 2.69. The molecule has 3 N–H and O–H groups in total. The van der Waals surface area contributed by atoms with Crippen molar-refractivity contribution in [3.05, 3.63) is 64.7 Å². The van der Waals surface area contributed by atoms with E-state index in [2.05, 4.69) is 10.6 Å². The van der Waals surface area contributed by atoms with E-state index in [1.165, 1.54) is 0 Å². The smallest absolute Gasteiger partial charge is 0.251 e. The standard InChI is InChI=1S/C21H24ClN3O3/c1-21(2,14-24-20(27)15-7-4-3-5-8-15)25-12-16(26)13-28-19-10-6-9-18(22)17(19)11-23/h3-10,16,25-26H,12-14H2,1-2H3,(H,24,27)/t16-/m1/s1. The Morgan fingerprint density at radius 3 is 2.64 bits per heavy atom.